The predicted molar refractivity (Wildman–Crippen MR) is 87.2 cm³/mol. The molecule has 0 spiro atoms. The van der Waals surface area contributed by atoms with Crippen LogP contribution in [-0.4, -0.2) is 11.1 Å². The lowest BCUT2D eigenvalue weighted by Gasteiger charge is -2.03. The van der Waals surface area contributed by atoms with Gasteiger partial charge in [0.15, 0.2) is 0 Å². The molecule has 0 atom stereocenters. The SMILES string of the molecule is [2H]C([2H])([2H])CCCCCCCCCCCCCCCCC(=O)O. The standard InChI is InChI=1S/C18H36O2/c1-2-3-4-5-6-7-8-9-10-11-12-13-14-15-16-17-18(19)20/h2-17H2,1H3,(H,19,20)/i1D3. The monoisotopic (exact) mass is 287 g/mol. The average molecular weight is 288 g/mol. The van der Waals surface area contributed by atoms with Crippen LogP contribution in [0.4, 0.5) is 0 Å². The van der Waals surface area contributed by atoms with E-state index in [2.05, 4.69) is 0 Å². The quantitative estimate of drug-likeness (QED) is 0.337. The largest absolute Gasteiger partial charge is 0.481 e. The third-order valence-corrected chi connectivity index (χ3v) is 3.82. The maximum atomic E-state index is 10.4. The van der Waals surface area contributed by atoms with Gasteiger partial charge in [-0.3, -0.25) is 4.79 Å². The first-order valence-electron chi connectivity index (χ1n) is 10.1. The summed E-state index contributed by atoms with van der Waals surface area (Å²) < 4.78 is 21.4. The molecule has 0 aromatic carbocycles. The van der Waals surface area contributed by atoms with Gasteiger partial charge in [-0.1, -0.05) is 96.7 Å². The Bertz CT molecular complexity index is 278. The molecule has 0 bridgehead atoms. The zero-order valence-electron chi connectivity index (χ0n) is 16.2. The van der Waals surface area contributed by atoms with Crippen molar-refractivity contribution < 1.29 is 14.0 Å². The molecule has 20 heavy (non-hydrogen) atoms. The van der Waals surface area contributed by atoms with Crippen LogP contribution in [-0.2, 0) is 4.79 Å². The van der Waals surface area contributed by atoms with Crippen molar-refractivity contribution >= 4 is 5.97 Å². The van der Waals surface area contributed by atoms with Crippen LogP contribution in [0.5, 0.6) is 0 Å². The van der Waals surface area contributed by atoms with Crippen LogP contribution in [0.2, 0.25) is 0 Å². The number of carbonyl (C=O) groups is 1. The fraction of sp³-hybridized carbons (Fsp3) is 0.944. The first kappa shape index (κ1) is 14.4. The second-order valence-corrected chi connectivity index (χ2v) is 5.84. The summed E-state index contributed by atoms with van der Waals surface area (Å²) in [7, 11) is 0. The van der Waals surface area contributed by atoms with E-state index >= 15 is 0 Å². The lowest BCUT2D eigenvalue weighted by Crippen LogP contribution is -1.93. The number of hydrogen-bond acceptors (Lipinski definition) is 1. The fourth-order valence-electron chi connectivity index (χ4n) is 2.52. The molecule has 0 aliphatic heterocycles. The van der Waals surface area contributed by atoms with Crippen LogP contribution in [0.25, 0.3) is 0 Å². The van der Waals surface area contributed by atoms with Crippen molar-refractivity contribution in [3.63, 3.8) is 0 Å². The van der Waals surface area contributed by atoms with Gasteiger partial charge in [-0.25, -0.2) is 0 Å². The van der Waals surface area contributed by atoms with Crippen molar-refractivity contribution in [2.75, 3.05) is 0 Å². The second-order valence-electron chi connectivity index (χ2n) is 5.84. The molecule has 0 fully saturated rings. The van der Waals surface area contributed by atoms with Crippen molar-refractivity contribution in [3.8, 4) is 0 Å². The number of hydrogen-bond donors (Lipinski definition) is 1. The van der Waals surface area contributed by atoms with E-state index in [1.807, 2.05) is 0 Å². The molecule has 0 saturated heterocycles. The van der Waals surface area contributed by atoms with E-state index in [4.69, 9.17) is 9.22 Å². The number of carboxylic acids is 1. The third-order valence-electron chi connectivity index (χ3n) is 3.82. The molecule has 0 amide bonds. The number of carboxylic acid groups (broad SMARTS) is 1. The smallest absolute Gasteiger partial charge is 0.303 e. The van der Waals surface area contributed by atoms with Gasteiger partial charge in [0.2, 0.25) is 0 Å². The Morgan fingerprint density at radius 3 is 1.40 bits per heavy atom. The summed E-state index contributed by atoms with van der Waals surface area (Å²) in [6, 6.07) is 0. The van der Waals surface area contributed by atoms with Gasteiger partial charge < -0.3 is 5.11 Å². The molecule has 1 N–H and O–H groups in total. The molecule has 120 valence electrons. The fourth-order valence-corrected chi connectivity index (χ4v) is 2.52. The molecule has 0 aliphatic rings. The average Bonchev–Trinajstić information content (AvgIpc) is 2.45. The molecule has 0 unspecified atom stereocenters. The van der Waals surface area contributed by atoms with E-state index in [9.17, 15) is 4.79 Å². The summed E-state index contributed by atoms with van der Waals surface area (Å²) in [5.74, 6) is -0.678. The lowest BCUT2D eigenvalue weighted by molar-refractivity contribution is -0.137. The zero-order chi connectivity index (χ0) is 17.4. The maximum absolute atomic E-state index is 10.4. The molecule has 0 rings (SSSR count). The highest BCUT2D eigenvalue weighted by Crippen LogP contribution is 2.13. The highest BCUT2D eigenvalue weighted by Gasteiger charge is 1.97. The summed E-state index contributed by atoms with van der Waals surface area (Å²) >= 11 is 0. The zero-order valence-corrected chi connectivity index (χ0v) is 13.2. The van der Waals surface area contributed by atoms with Crippen molar-refractivity contribution in [2.24, 2.45) is 0 Å². The first-order chi connectivity index (χ1) is 10.9. The minimum absolute atomic E-state index is 0.316. The van der Waals surface area contributed by atoms with Crippen molar-refractivity contribution in [3.05, 3.63) is 0 Å². The summed E-state index contributed by atoms with van der Waals surface area (Å²) in [4.78, 5) is 10.4. The molecule has 2 nitrogen and oxygen atoms in total. The van der Waals surface area contributed by atoms with Gasteiger partial charge in [-0.2, -0.15) is 0 Å². The van der Waals surface area contributed by atoms with Crippen LogP contribution >= 0.6 is 0 Å². The Labute approximate surface area is 130 Å². The van der Waals surface area contributed by atoms with Crippen molar-refractivity contribution in [2.45, 2.75) is 110 Å². The van der Waals surface area contributed by atoms with E-state index in [1.165, 1.54) is 64.2 Å². The molecule has 0 aromatic heterocycles. The van der Waals surface area contributed by atoms with E-state index in [-0.39, 0.29) is 0 Å². The Morgan fingerprint density at radius 2 is 1.05 bits per heavy atom. The summed E-state index contributed by atoms with van der Waals surface area (Å²) in [5.41, 5.74) is 0. The summed E-state index contributed by atoms with van der Waals surface area (Å²) in [6.07, 6.45) is 17.1. The minimum atomic E-state index is -1.74. The van der Waals surface area contributed by atoms with Crippen LogP contribution in [0.15, 0.2) is 0 Å². The van der Waals surface area contributed by atoms with Gasteiger partial charge in [0.1, 0.15) is 0 Å². The molecular weight excluding hydrogens is 248 g/mol. The maximum Gasteiger partial charge on any atom is 0.303 e. The molecule has 0 saturated carbocycles. The normalized spacial score (nSPS) is 13.7. The Morgan fingerprint density at radius 1 is 0.700 bits per heavy atom. The van der Waals surface area contributed by atoms with Crippen LogP contribution in [0.3, 0.4) is 0 Å². The Kier molecular flexibility index (Phi) is 11.9. The highest BCUT2D eigenvalue weighted by molar-refractivity contribution is 5.66. The van der Waals surface area contributed by atoms with Crippen LogP contribution in [0.1, 0.15) is 114 Å². The highest BCUT2D eigenvalue weighted by atomic mass is 16.4. The van der Waals surface area contributed by atoms with Gasteiger partial charge in [0.25, 0.3) is 0 Å². The van der Waals surface area contributed by atoms with Crippen molar-refractivity contribution in [1.29, 1.82) is 0 Å². The first-order valence-corrected chi connectivity index (χ1v) is 8.63. The number of aliphatic carboxylic acids is 1. The Balaban J connectivity index is 3.04. The Hall–Kier alpha value is -0.530. The second kappa shape index (κ2) is 16.5. The number of unbranched alkanes of at least 4 members (excludes halogenated alkanes) is 13. The summed E-state index contributed by atoms with van der Waals surface area (Å²) in [5, 5.41) is 8.53. The van der Waals surface area contributed by atoms with Crippen LogP contribution < -0.4 is 0 Å². The van der Waals surface area contributed by atoms with E-state index < -0.39 is 12.8 Å². The predicted octanol–water partition coefficient (Wildman–Crippen LogP) is 6.33. The third kappa shape index (κ3) is 17.5. The minimum Gasteiger partial charge on any atom is -0.481 e. The summed E-state index contributed by atoms with van der Waals surface area (Å²) in [6.45, 7) is -1.74. The van der Waals surface area contributed by atoms with Crippen molar-refractivity contribution in [1.82, 2.24) is 0 Å². The molecule has 0 heterocycles. The van der Waals surface area contributed by atoms with Crippen LogP contribution in [0, 0.1) is 0 Å². The van der Waals surface area contributed by atoms with E-state index in [0.717, 1.165) is 25.7 Å². The number of rotatable bonds is 16. The van der Waals surface area contributed by atoms with E-state index in [0.29, 0.717) is 12.8 Å². The van der Waals surface area contributed by atoms with Gasteiger partial charge in [-0.05, 0) is 6.42 Å². The molecular formula is C18H36O2. The molecule has 0 aliphatic carbocycles. The lowest BCUT2D eigenvalue weighted by atomic mass is 10.0. The molecule has 2 heteroatoms. The van der Waals surface area contributed by atoms with Gasteiger partial charge in [0.05, 0.1) is 0 Å². The molecule has 0 aromatic rings. The van der Waals surface area contributed by atoms with Gasteiger partial charge in [0, 0.05) is 10.5 Å². The van der Waals surface area contributed by atoms with Gasteiger partial charge in [-0.15, -0.1) is 0 Å². The molecule has 0 radical (unpaired) electrons. The van der Waals surface area contributed by atoms with E-state index in [1.54, 1.807) is 0 Å². The topological polar surface area (TPSA) is 37.3 Å². The van der Waals surface area contributed by atoms with Gasteiger partial charge >= 0.3 is 5.97 Å².